The van der Waals surface area contributed by atoms with Gasteiger partial charge in [0.05, 0.1) is 5.41 Å². The summed E-state index contributed by atoms with van der Waals surface area (Å²) in [5, 5.41) is 18.8. The van der Waals surface area contributed by atoms with E-state index in [1.54, 1.807) is 0 Å². The van der Waals surface area contributed by atoms with Crippen molar-refractivity contribution in [3.05, 3.63) is 46.7 Å². The summed E-state index contributed by atoms with van der Waals surface area (Å²) in [6, 6.07) is 8.43. The van der Waals surface area contributed by atoms with Crippen molar-refractivity contribution in [3.63, 3.8) is 0 Å². The van der Waals surface area contributed by atoms with Crippen LogP contribution in [0.15, 0.2) is 29.8 Å². The van der Waals surface area contributed by atoms with Crippen LogP contribution in [0.25, 0.3) is 5.57 Å². The first-order chi connectivity index (χ1) is 20.0. The number of carboxylic acid groups (broad SMARTS) is 1. The predicted octanol–water partition coefficient (Wildman–Crippen LogP) is 8.00. The first-order valence-electron chi connectivity index (χ1n) is 16.7. The number of nitrogens with one attached hydrogen (secondary N) is 1. The molecule has 1 unspecified atom stereocenters. The van der Waals surface area contributed by atoms with Crippen molar-refractivity contribution in [3.8, 4) is 0 Å². The fourth-order valence-corrected chi connectivity index (χ4v) is 12.2. The van der Waals surface area contributed by atoms with Crippen molar-refractivity contribution in [1.29, 1.82) is 0 Å². The number of fused-ring (bicyclic) bond motifs is 8. The van der Waals surface area contributed by atoms with E-state index in [1.165, 1.54) is 28.0 Å². The Morgan fingerprint density at radius 3 is 2.40 bits per heavy atom. The van der Waals surface area contributed by atoms with E-state index < -0.39 is 11.4 Å². The second kappa shape index (κ2) is 8.69. The maximum absolute atomic E-state index is 13.3. The molecule has 2 aromatic rings. The van der Waals surface area contributed by atoms with Gasteiger partial charge in [-0.05, 0) is 120 Å². The molecule has 43 heavy (non-hydrogen) atoms. The Hall–Kier alpha value is -2.76. The van der Waals surface area contributed by atoms with Gasteiger partial charge < -0.3 is 16.6 Å². The number of hydrogen-bond acceptors (Lipinski definition) is 4. The van der Waals surface area contributed by atoms with Crippen LogP contribution in [0, 0.1) is 44.8 Å². The lowest BCUT2D eigenvalue weighted by molar-refractivity contribution is -0.175. The lowest BCUT2D eigenvalue weighted by Crippen LogP contribution is -2.65. The van der Waals surface area contributed by atoms with Gasteiger partial charge in [0, 0.05) is 22.4 Å². The zero-order chi connectivity index (χ0) is 31.0. The smallest absolute Gasteiger partial charge is 0.310 e. The summed E-state index contributed by atoms with van der Waals surface area (Å²) in [6.07, 6.45) is 8.55. The summed E-state index contributed by atoms with van der Waals surface area (Å²) in [7, 11) is 0. The Balaban J connectivity index is 1.49. The molecule has 0 spiro atoms. The number of H-pyrrole nitrogens is 1. The van der Waals surface area contributed by atoms with Crippen LogP contribution in [-0.2, 0) is 16.6 Å². The minimum atomic E-state index is -0.687. The van der Waals surface area contributed by atoms with Gasteiger partial charge in [-0.1, -0.05) is 66.2 Å². The molecular weight excluding hydrogens is 532 g/mol. The Bertz CT molecular complexity index is 1550. The molecule has 0 saturated heterocycles. The zero-order valence-electron chi connectivity index (χ0n) is 27.4. The lowest BCUT2D eigenvalue weighted by atomic mass is 9.33. The second-order valence-corrected chi connectivity index (χ2v) is 17.4. The zero-order valence-corrected chi connectivity index (χ0v) is 27.4. The third kappa shape index (κ3) is 3.58. The number of benzene rings is 1. The molecule has 6 N–H and O–H groups in total. The van der Waals surface area contributed by atoms with Gasteiger partial charge in [0.1, 0.15) is 5.82 Å². The first kappa shape index (κ1) is 29.0. The molecule has 1 heterocycles. The number of rotatable bonds is 2. The van der Waals surface area contributed by atoms with Crippen molar-refractivity contribution in [1.82, 2.24) is 10.2 Å². The Labute approximate surface area is 257 Å². The first-order valence-corrected chi connectivity index (χ1v) is 16.7. The van der Waals surface area contributed by atoms with E-state index in [0.717, 1.165) is 63.5 Å². The number of hydrogen-bond donors (Lipinski definition) is 4. The van der Waals surface area contributed by atoms with Crippen LogP contribution in [0.1, 0.15) is 117 Å². The van der Waals surface area contributed by atoms with Crippen LogP contribution in [0.5, 0.6) is 0 Å². The minimum absolute atomic E-state index is 0.0226. The summed E-state index contributed by atoms with van der Waals surface area (Å²) in [5.74, 6) is 1.01. The van der Waals surface area contributed by atoms with Gasteiger partial charge in [0.2, 0.25) is 0 Å². The van der Waals surface area contributed by atoms with Crippen molar-refractivity contribution in [2.45, 2.75) is 112 Å². The summed E-state index contributed by atoms with van der Waals surface area (Å²) in [6.45, 7) is 17.2. The van der Waals surface area contributed by atoms with Crippen molar-refractivity contribution in [2.75, 3.05) is 11.5 Å². The summed E-state index contributed by atoms with van der Waals surface area (Å²) in [4.78, 5) is 13.3. The van der Waals surface area contributed by atoms with Gasteiger partial charge in [-0.3, -0.25) is 9.89 Å². The molecule has 0 aliphatic heterocycles. The predicted molar refractivity (Wildman–Crippen MR) is 173 cm³/mol. The minimum Gasteiger partial charge on any atom is -0.481 e. The van der Waals surface area contributed by atoms with Gasteiger partial charge in [0.15, 0.2) is 0 Å². The topological polar surface area (TPSA) is 118 Å². The van der Waals surface area contributed by atoms with Crippen molar-refractivity contribution >= 4 is 23.0 Å². The van der Waals surface area contributed by atoms with E-state index in [9.17, 15) is 9.90 Å². The van der Waals surface area contributed by atoms with Crippen LogP contribution >= 0.6 is 0 Å². The molecule has 232 valence electrons. The average molecular weight is 585 g/mol. The lowest BCUT2D eigenvalue weighted by Gasteiger charge is -2.71. The van der Waals surface area contributed by atoms with Crippen LogP contribution in [0.2, 0.25) is 0 Å². The number of nitrogen functional groups attached to an aromatic ring is 2. The van der Waals surface area contributed by atoms with Gasteiger partial charge in [-0.2, -0.15) is 5.10 Å². The Morgan fingerprint density at radius 2 is 1.70 bits per heavy atom. The van der Waals surface area contributed by atoms with E-state index in [2.05, 4.69) is 76.9 Å². The van der Waals surface area contributed by atoms with E-state index in [0.29, 0.717) is 17.7 Å². The highest BCUT2D eigenvalue weighted by Crippen LogP contribution is 2.77. The van der Waals surface area contributed by atoms with Gasteiger partial charge in [-0.25, -0.2) is 0 Å². The third-order valence-corrected chi connectivity index (χ3v) is 14.6. The van der Waals surface area contributed by atoms with E-state index >= 15 is 0 Å². The molecule has 6 nitrogen and oxygen atoms in total. The monoisotopic (exact) mass is 584 g/mol. The fraction of sp³-hybridized carbons (Fsp3) is 0.676. The van der Waals surface area contributed by atoms with Crippen LogP contribution in [0.4, 0.5) is 11.5 Å². The molecule has 3 saturated carbocycles. The van der Waals surface area contributed by atoms with Crippen LogP contribution < -0.4 is 11.5 Å². The molecule has 0 bridgehead atoms. The van der Waals surface area contributed by atoms with Gasteiger partial charge >= 0.3 is 5.97 Å². The normalized spacial score (nSPS) is 40.9. The van der Waals surface area contributed by atoms with Gasteiger partial charge in [0.25, 0.3) is 0 Å². The number of carboxylic acids is 1. The van der Waals surface area contributed by atoms with Gasteiger partial charge in [-0.15, -0.1) is 0 Å². The standard InChI is InChI=1S/C37H52N4O2/c1-32(2)13-15-37(31(42)43)16-14-36(7)28(25(37)20-32)23(21-9-8-10-22(38)17-21)18-27-34(5)19-24-29(40-41-30(24)39)33(3,4)26(34)11-12-35(27,36)6/h8-10,17,25-27H,11-16,18-20,38H2,1-7H3,(H,42,43)(H3,39,40,41)/t25-,26-,27?,34-,35+,36+,37-/m0/s1. The van der Waals surface area contributed by atoms with Crippen LogP contribution in [0.3, 0.4) is 0 Å². The van der Waals surface area contributed by atoms with Crippen molar-refractivity contribution < 1.29 is 9.90 Å². The largest absolute Gasteiger partial charge is 0.481 e. The molecule has 5 aliphatic carbocycles. The molecule has 0 radical (unpaired) electrons. The number of anilines is 2. The Kier molecular flexibility index (Phi) is 5.86. The van der Waals surface area contributed by atoms with Crippen molar-refractivity contribution in [2.24, 2.45) is 44.8 Å². The number of aliphatic carboxylic acids is 1. The highest BCUT2D eigenvalue weighted by molar-refractivity contribution is 5.80. The molecule has 3 fully saturated rings. The quantitative estimate of drug-likeness (QED) is 0.267. The maximum atomic E-state index is 13.3. The second-order valence-electron chi connectivity index (χ2n) is 17.4. The molecular formula is C37H52N4O2. The molecule has 1 aromatic heterocycles. The number of allylic oxidation sites excluding steroid dienone is 2. The van der Waals surface area contributed by atoms with E-state index in [1.807, 2.05) is 6.07 Å². The average Bonchev–Trinajstić information content (AvgIpc) is 3.28. The number of aromatic amines is 1. The summed E-state index contributed by atoms with van der Waals surface area (Å²) >= 11 is 0. The SMILES string of the molecule is CC1(C)CC[C@]2(C(=O)O)CC[C@]3(C)C(=C(c4cccc(N)c4)CC4[C@@]5(C)Cc6c(N)n[nH]c6C(C)(C)[C@@H]5CC[C@]43C)[C@@H]2C1. The molecule has 1 aromatic carbocycles. The van der Waals surface area contributed by atoms with Crippen LogP contribution in [-0.4, -0.2) is 21.3 Å². The summed E-state index contributed by atoms with van der Waals surface area (Å²) < 4.78 is 0. The molecule has 7 atom stereocenters. The highest BCUT2D eigenvalue weighted by atomic mass is 16.4. The molecule has 0 amide bonds. The third-order valence-electron chi connectivity index (χ3n) is 14.6. The number of aromatic nitrogens is 2. The number of nitrogens with zero attached hydrogens (tertiary/aromatic N) is 1. The molecule has 5 aliphatic rings. The fourth-order valence-electron chi connectivity index (χ4n) is 12.2. The summed E-state index contributed by atoms with van der Waals surface area (Å²) in [5.41, 5.74) is 19.6. The number of carbonyl (C=O) groups is 1. The molecule has 6 heteroatoms. The maximum Gasteiger partial charge on any atom is 0.310 e. The Morgan fingerprint density at radius 1 is 0.977 bits per heavy atom. The number of nitrogens with two attached hydrogens (primary N) is 2. The van der Waals surface area contributed by atoms with E-state index in [4.69, 9.17) is 11.5 Å². The van der Waals surface area contributed by atoms with E-state index in [-0.39, 0.29) is 33.0 Å². The molecule has 7 rings (SSSR count). The highest BCUT2D eigenvalue weighted by Gasteiger charge is 2.70.